The van der Waals surface area contributed by atoms with Crippen LogP contribution in [0.1, 0.15) is 95.8 Å². The molecule has 1 aliphatic heterocycles. The average molecular weight is 1220 g/mol. The van der Waals surface area contributed by atoms with Crippen molar-refractivity contribution < 1.29 is 82.6 Å². The molecular weight excluding hydrogens is 1130 g/mol. The Morgan fingerprint density at radius 2 is 1.33 bits per heavy atom. The number of nitrogens with one attached hydrogen (secondary N) is 5. The summed E-state index contributed by atoms with van der Waals surface area (Å²) in [4.78, 5) is 140. The Labute approximate surface area is 506 Å². The summed E-state index contributed by atoms with van der Waals surface area (Å²) in [6, 6.07) is 12.8. The lowest BCUT2D eigenvalue weighted by Crippen LogP contribution is -2.58. The average Bonchev–Trinajstić information content (AvgIpc) is 3.19. The fraction of sp³-hybridized carbons (Fsp3) is 0.548. The highest BCUT2D eigenvalue weighted by atomic mass is 32.2. The van der Waals surface area contributed by atoms with Gasteiger partial charge in [0, 0.05) is 45.1 Å². The number of hydrogen-bond acceptors (Lipinski definition) is 19. The van der Waals surface area contributed by atoms with Crippen molar-refractivity contribution >= 4 is 70.4 Å². The highest BCUT2D eigenvalue weighted by molar-refractivity contribution is 7.98. The normalized spacial score (nSPS) is 20.1. The summed E-state index contributed by atoms with van der Waals surface area (Å²) in [7, 11) is 0. The van der Waals surface area contributed by atoms with Crippen LogP contribution in [0.2, 0.25) is 0 Å². The lowest BCUT2D eigenvalue weighted by Gasteiger charge is -2.30. The van der Waals surface area contributed by atoms with E-state index in [9.17, 15) is 68.4 Å². The zero-order valence-electron chi connectivity index (χ0n) is 49.7. The maximum absolute atomic E-state index is 14.7. The molecule has 0 spiro atoms. The number of aromatic hydroxyl groups is 2. The predicted octanol–water partition coefficient (Wildman–Crippen LogP) is 2.12. The number of carbonyl (C=O) groups excluding carboxylic acids is 10. The molecule has 11 atom stereocenters. The van der Waals surface area contributed by atoms with Crippen LogP contribution in [0.3, 0.4) is 0 Å². The first-order chi connectivity index (χ1) is 41.1. The quantitative estimate of drug-likeness (QED) is 0.0308. The van der Waals surface area contributed by atoms with Gasteiger partial charge >= 0.3 is 5.97 Å². The summed E-state index contributed by atoms with van der Waals surface area (Å²) in [6.07, 6.45) is -0.274. The molecule has 1 heterocycles. The zero-order chi connectivity index (χ0) is 63.3. The minimum Gasteiger partial charge on any atom is -0.508 e. The van der Waals surface area contributed by atoms with E-state index in [1.165, 1.54) is 67.2 Å². The first-order valence-electron chi connectivity index (χ1n) is 29.1. The second-order valence-corrected chi connectivity index (χ2v) is 22.7. The Kier molecular flexibility index (Phi) is 31.1. The van der Waals surface area contributed by atoms with Crippen molar-refractivity contribution in [3.8, 4) is 11.5 Å². The Morgan fingerprint density at radius 1 is 0.733 bits per heavy atom. The number of thioether (sulfide) groups is 1. The Balaban J connectivity index is 1.60. The van der Waals surface area contributed by atoms with E-state index in [1.807, 2.05) is 13.8 Å². The predicted molar refractivity (Wildman–Crippen MR) is 319 cm³/mol. The van der Waals surface area contributed by atoms with Crippen LogP contribution >= 0.6 is 11.8 Å². The Hall–Kier alpha value is -7.09. The van der Waals surface area contributed by atoms with Crippen molar-refractivity contribution in [2.24, 2.45) is 29.4 Å². The van der Waals surface area contributed by atoms with Crippen molar-refractivity contribution in [1.82, 2.24) is 26.6 Å². The molecule has 0 radical (unpaired) electrons. The molecule has 1 saturated heterocycles. The van der Waals surface area contributed by atoms with Gasteiger partial charge in [-0.25, -0.2) is 0 Å². The van der Waals surface area contributed by atoms with Crippen LogP contribution in [0, 0.1) is 23.7 Å². The number of benzene rings is 3. The number of cyclic esters (lactones) is 1. The number of ether oxygens (including phenoxy) is 3. The Morgan fingerprint density at radius 3 is 1.92 bits per heavy atom. The van der Waals surface area contributed by atoms with E-state index in [-0.39, 0.29) is 75.6 Å². The molecule has 3 aromatic rings. The van der Waals surface area contributed by atoms with Crippen LogP contribution in [0.15, 0.2) is 78.9 Å². The second-order valence-electron chi connectivity index (χ2n) is 21.7. The summed E-state index contributed by atoms with van der Waals surface area (Å²) < 4.78 is 16.7. The molecule has 1 fully saturated rings. The van der Waals surface area contributed by atoms with Gasteiger partial charge < -0.3 is 67.0 Å². The molecule has 5 amide bonds. The van der Waals surface area contributed by atoms with Gasteiger partial charge in [0.15, 0.2) is 17.3 Å². The first-order valence-corrected chi connectivity index (χ1v) is 30.5. The van der Waals surface area contributed by atoms with Crippen molar-refractivity contribution in [3.05, 3.63) is 95.6 Å². The highest BCUT2D eigenvalue weighted by Crippen LogP contribution is 2.23. The number of aliphatic hydroxyl groups excluding tert-OH is 2. The van der Waals surface area contributed by atoms with Crippen molar-refractivity contribution in [2.75, 3.05) is 51.6 Å². The molecule has 0 aromatic heterocycles. The van der Waals surface area contributed by atoms with Crippen LogP contribution in [0.25, 0.3) is 0 Å². The van der Waals surface area contributed by atoms with E-state index < -0.39 is 152 Å². The van der Waals surface area contributed by atoms with Gasteiger partial charge in [-0.15, -0.1) is 0 Å². The second kappa shape index (κ2) is 37.5. The topological polar surface area (TPSA) is 365 Å². The standard InChI is InChI=1S/C62H86N6O17S/c1-6-37(3)56-53(75)31-42(23-27-86-5)62(82)85-35-44(59(79)65-49(30-41-17-21-46(72)22-18-41)60(80)66-50(61(81)67-56)29-39-12-9-8-10-13-39)33-54(76)57(38(4)70)68-58(78)43(34-69)32-52(74)48(28-40-15-19-45(71)20-16-40)64-55(77)36-84-26-25-83-24-11-14-51(73)47(63)7-2/h8-10,12-13,15-22,37-38,42-44,47-50,56-57,69-72H,6-7,11,14,23-36,63H2,1-5H3,(H,64,77)(H,65,79)(H,66,80)(H,67,81)(H,68,78)/t37?,38?,42-,43+,44+,47+,48+,49+,50+,56+,57+/m1/s1. The number of rotatable bonds is 33. The molecule has 24 heteroatoms. The summed E-state index contributed by atoms with van der Waals surface area (Å²) in [5.41, 5.74) is 7.37. The lowest BCUT2D eigenvalue weighted by molar-refractivity contribution is -0.154. The van der Waals surface area contributed by atoms with E-state index in [0.29, 0.717) is 41.7 Å². The molecular formula is C62H86N6O17S. The van der Waals surface area contributed by atoms with E-state index in [1.54, 1.807) is 43.5 Å². The third kappa shape index (κ3) is 24.3. The third-order valence-electron chi connectivity index (χ3n) is 14.9. The number of phenolic OH excluding ortho intramolecular Hbond substituents is 2. The minimum absolute atomic E-state index is 0.00517. The van der Waals surface area contributed by atoms with Crippen LogP contribution in [-0.4, -0.2) is 173 Å². The number of nitrogens with two attached hydrogens (primary N) is 1. The summed E-state index contributed by atoms with van der Waals surface area (Å²) in [5, 5.41) is 54.9. The van der Waals surface area contributed by atoms with E-state index >= 15 is 0 Å². The maximum Gasteiger partial charge on any atom is 0.309 e. The van der Waals surface area contributed by atoms with Gasteiger partial charge in [0.25, 0.3) is 0 Å². The molecule has 11 N–H and O–H groups in total. The van der Waals surface area contributed by atoms with Crippen LogP contribution < -0.4 is 32.3 Å². The monoisotopic (exact) mass is 1220 g/mol. The molecule has 86 heavy (non-hydrogen) atoms. The summed E-state index contributed by atoms with van der Waals surface area (Å²) in [5.74, 6) is -11.9. The summed E-state index contributed by atoms with van der Waals surface area (Å²) in [6.45, 7) is 4.74. The molecule has 0 bridgehead atoms. The number of esters is 1. The van der Waals surface area contributed by atoms with Crippen LogP contribution in [0.5, 0.6) is 11.5 Å². The van der Waals surface area contributed by atoms with Crippen LogP contribution in [0.4, 0.5) is 0 Å². The number of aliphatic hydroxyl groups is 2. The zero-order valence-corrected chi connectivity index (χ0v) is 50.5. The molecule has 1 aliphatic rings. The van der Waals surface area contributed by atoms with Gasteiger partial charge in [0.1, 0.15) is 48.6 Å². The van der Waals surface area contributed by atoms with E-state index in [0.717, 1.165) is 0 Å². The van der Waals surface area contributed by atoms with E-state index in [4.69, 9.17) is 19.9 Å². The molecule has 4 rings (SSSR count). The maximum atomic E-state index is 14.7. The SMILES string of the molecule is CCC(C)[C@@H]1NC(=O)[C@H](Cc2ccccc2)NC(=O)[C@H](Cc2ccc(O)cc2)NC(=O)[C@@H](CC(=O)[C@@H](NC(=O)[C@H](CO)CC(=O)[C@H](Cc2ccc(O)cc2)NC(=O)COCCOCCCC(=O)[C@@H](N)CC)C(C)O)COC(=O)[C@H](CCSC)CC1=O. The molecule has 2 unspecified atom stereocenters. The molecule has 0 saturated carbocycles. The summed E-state index contributed by atoms with van der Waals surface area (Å²) >= 11 is 1.41. The molecule has 23 nitrogen and oxygen atoms in total. The number of ketones is 4. The van der Waals surface area contributed by atoms with Crippen molar-refractivity contribution in [1.29, 1.82) is 0 Å². The van der Waals surface area contributed by atoms with E-state index in [2.05, 4.69) is 26.6 Å². The third-order valence-corrected chi connectivity index (χ3v) is 15.6. The highest BCUT2D eigenvalue weighted by Gasteiger charge is 2.39. The fourth-order valence-electron chi connectivity index (χ4n) is 9.42. The lowest BCUT2D eigenvalue weighted by atomic mass is 9.88. The smallest absolute Gasteiger partial charge is 0.309 e. The Bertz CT molecular complexity index is 2700. The van der Waals surface area contributed by atoms with Gasteiger partial charge in [-0.1, -0.05) is 81.8 Å². The number of amides is 5. The molecule has 3 aromatic carbocycles. The van der Waals surface area contributed by atoms with Crippen molar-refractivity contribution in [2.45, 2.75) is 141 Å². The van der Waals surface area contributed by atoms with Gasteiger partial charge in [-0.3, -0.25) is 47.9 Å². The minimum atomic E-state index is -1.80. The number of Topliss-reactive ketones (excluding diaryl/α,β-unsaturated/α-hetero) is 4. The van der Waals surface area contributed by atoms with Gasteiger partial charge in [0.05, 0.1) is 61.8 Å². The molecule has 472 valence electrons. The first kappa shape index (κ1) is 71.4. The van der Waals surface area contributed by atoms with Gasteiger partial charge in [-0.05, 0) is 91.5 Å². The van der Waals surface area contributed by atoms with Crippen molar-refractivity contribution in [3.63, 3.8) is 0 Å². The van der Waals surface area contributed by atoms with Gasteiger partial charge in [-0.2, -0.15) is 11.8 Å². The molecule has 0 aliphatic carbocycles. The van der Waals surface area contributed by atoms with Crippen LogP contribution in [-0.2, 0) is 81.4 Å². The largest absolute Gasteiger partial charge is 0.508 e. The number of carbonyl (C=O) groups is 10. The fourth-order valence-corrected chi connectivity index (χ4v) is 9.94. The van der Waals surface area contributed by atoms with Gasteiger partial charge in [0.2, 0.25) is 29.5 Å². The number of hydrogen-bond donors (Lipinski definition) is 10. The number of phenols is 2.